The van der Waals surface area contributed by atoms with Crippen LogP contribution in [0.3, 0.4) is 0 Å². The highest BCUT2D eigenvalue weighted by Gasteiger charge is 2.19. The molecule has 106 valence electrons. The van der Waals surface area contributed by atoms with Gasteiger partial charge >= 0.3 is 0 Å². The Morgan fingerprint density at radius 1 is 1.29 bits per heavy atom. The van der Waals surface area contributed by atoms with Gasteiger partial charge in [-0.1, -0.05) is 12.1 Å². The molecular formula is C12H11N7O2. The van der Waals surface area contributed by atoms with Gasteiger partial charge in [0.15, 0.2) is 0 Å². The maximum Gasteiger partial charge on any atom is 0.271 e. The smallest absolute Gasteiger partial charge is 0.271 e. The fourth-order valence-corrected chi connectivity index (χ4v) is 1.88. The van der Waals surface area contributed by atoms with Gasteiger partial charge in [-0.05, 0) is 22.6 Å². The van der Waals surface area contributed by atoms with Crippen LogP contribution < -0.4 is 10.7 Å². The highest BCUT2D eigenvalue weighted by atomic mass is 16.2. The van der Waals surface area contributed by atoms with Crippen LogP contribution in [0.25, 0.3) is 5.69 Å². The molecule has 2 heterocycles. The average molecular weight is 285 g/mol. The van der Waals surface area contributed by atoms with E-state index in [0.29, 0.717) is 17.8 Å². The number of tetrazole rings is 1. The molecule has 1 aliphatic rings. The lowest BCUT2D eigenvalue weighted by Gasteiger charge is -2.13. The fourth-order valence-electron chi connectivity index (χ4n) is 1.88. The molecule has 1 aromatic carbocycles. The Labute approximate surface area is 119 Å². The summed E-state index contributed by atoms with van der Waals surface area (Å²) in [6.45, 7) is 0. The fraction of sp³-hybridized carbons (Fsp3) is 0.167. The lowest BCUT2D eigenvalue weighted by atomic mass is 10.1. The highest BCUT2D eigenvalue weighted by Crippen LogP contribution is 2.18. The number of hydrazone groups is 1. The molecule has 0 atom stereocenters. The summed E-state index contributed by atoms with van der Waals surface area (Å²) in [5.74, 6) is -0.559. The molecule has 3 rings (SSSR count). The van der Waals surface area contributed by atoms with E-state index in [-0.39, 0.29) is 23.9 Å². The highest BCUT2D eigenvalue weighted by molar-refractivity contribution is 6.43. The van der Waals surface area contributed by atoms with Crippen molar-refractivity contribution >= 4 is 23.2 Å². The number of hydrogen-bond donors (Lipinski definition) is 2. The predicted molar refractivity (Wildman–Crippen MR) is 72.6 cm³/mol. The minimum absolute atomic E-state index is 0.194. The molecule has 9 nitrogen and oxygen atoms in total. The molecule has 2 N–H and O–H groups in total. The maximum atomic E-state index is 12.1. The van der Waals surface area contributed by atoms with Crippen LogP contribution in [0.4, 0.5) is 5.69 Å². The van der Waals surface area contributed by atoms with Crippen molar-refractivity contribution in [3.05, 3.63) is 30.6 Å². The summed E-state index contributed by atoms with van der Waals surface area (Å²) in [5.41, 5.74) is 3.76. The molecule has 0 bridgehead atoms. The minimum Gasteiger partial charge on any atom is -0.319 e. The van der Waals surface area contributed by atoms with Gasteiger partial charge in [0, 0.05) is 12.8 Å². The molecule has 21 heavy (non-hydrogen) atoms. The van der Waals surface area contributed by atoms with Crippen LogP contribution >= 0.6 is 0 Å². The minimum atomic E-state index is -0.365. The molecular weight excluding hydrogens is 274 g/mol. The third-order valence-corrected chi connectivity index (χ3v) is 2.91. The van der Waals surface area contributed by atoms with Crippen molar-refractivity contribution in [2.75, 3.05) is 5.32 Å². The molecule has 0 aliphatic carbocycles. The number of carbonyl (C=O) groups is 2. The third kappa shape index (κ3) is 2.76. The van der Waals surface area contributed by atoms with Crippen LogP contribution in [0, 0.1) is 0 Å². The number of hydrogen-bond acceptors (Lipinski definition) is 6. The zero-order valence-electron chi connectivity index (χ0n) is 10.9. The Bertz CT molecular complexity index is 708. The summed E-state index contributed by atoms with van der Waals surface area (Å²) in [6.07, 6.45) is 1.99. The summed E-state index contributed by atoms with van der Waals surface area (Å²) in [7, 11) is 0. The van der Waals surface area contributed by atoms with E-state index in [4.69, 9.17) is 0 Å². The molecule has 9 heteroatoms. The van der Waals surface area contributed by atoms with Crippen molar-refractivity contribution in [3.8, 4) is 5.69 Å². The molecule has 1 aliphatic heterocycles. The molecule has 0 saturated heterocycles. The molecule has 0 fully saturated rings. The van der Waals surface area contributed by atoms with Gasteiger partial charge in [-0.25, -0.2) is 5.43 Å². The van der Waals surface area contributed by atoms with Gasteiger partial charge in [-0.3, -0.25) is 9.59 Å². The molecule has 2 aromatic rings. The van der Waals surface area contributed by atoms with Crippen molar-refractivity contribution in [2.24, 2.45) is 5.10 Å². The van der Waals surface area contributed by atoms with E-state index in [0.717, 1.165) is 0 Å². The number of amides is 2. The van der Waals surface area contributed by atoms with Gasteiger partial charge in [0.2, 0.25) is 5.91 Å². The SMILES string of the molecule is O=C1CCC(C(=O)Nc2ccccc2-n2cnnn2)=NN1. The maximum absolute atomic E-state index is 12.1. The van der Waals surface area contributed by atoms with Crippen molar-refractivity contribution in [1.82, 2.24) is 25.6 Å². The quantitative estimate of drug-likeness (QED) is 0.815. The Hall–Kier alpha value is -3.10. The van der Waals surface area contributed by atoms with E-state index in [1.165, 1.54) is 11.0 Å². The van der Waals surface area contributed by atoms with E-state index >= 15 is 0 Å². The number of para-hydroxylation sites is 2. The Kier molecular flexibility index (Phi) is 3.37. The van der Waals surface area contributed by atoms with E-state index in [2.05, 4.69) is 31.4 Å². The first-order valence-electron chi connectivity index (χ1n) is 6.23. The molecule has 1 aromatic heterocycles. The first-order valence-corrected chi connectivity index (χ1v) is 6.23. The van der Waals surface area contributed by atoms with Crippen LogP contribution in [0.15, 0.2) is 35.7 Å². The lowest BCUT2D eigenvalue weighted by Crippen LogP contribution is -2.33. The van der Waals surface area contributed by atoms with Gasteiger partial charge in [0.05, 0.1) is 11.4 Å². The van der Waals surface area contributed by atoms with Crippen LogP contribution in [-0.2, 0) is 9.59 Å². The predicted octanol–water partition coefficient (Wildman–Crippen LogP) is -0.133. The van der Waals surface area contributed by atoms with Crippen LogP contribution in [0.5, 0.6) is 0 Å². The van der Waals surface area contributed by atoms with Crippen molar-refractivity contribution in [3.63, 3.8) is 0 Å². The number of rotatable bonds is 3. The third-order valence-electron chi connectivity index (χ3n) is 2.91. The van der Waals surface area contributed by atoms with Gasteiger partial charge in [0.25, 0.3) is 5.91 Å². The molecule has 0 unspecified atom stereocenters. The molecule has 0 spiro atoms. The number of nitrogens with zero attached hydrogens (tertiary/aromatic N) is 5. The van der Waals surface area contributed by atoms with E-state index < -0.39 is 0 Å². The van der Waals surface area contributed by atoms with Crippen molar-refractivity contribution in [2.45, 2.75) is 12.8 Å². The molecule has 0 saturated carbocycles. The Balaban J connectivity index is 1.82. The summed E-state index contributed by atoms with van der Waals surface area (Å²) in [5, 5.41) is 17.4. The van der Waals surface area contributed by atoms with Crippen molar-refractivity contribution in [1.29, 1.82) is 0 Å². The second kappa shape index (κ2) is 5.49. The molecule has 0 radical (unpaired) electrons. The van der Waals surface area contributed by atoms with E-state index in [1.54, 1.807) is 18.2 Å². The summed E-state index contributed by atoms with van der Waals surface area (Å²) < 4.78 is 1.44. The van der Waals surface area contributed by atoms with Crippen LogP contribution in [-0.4, -0.2) is 37.7 Å². The topological polar surface area (TPSA) is 114 Å². The van der Waals surface area contributed by atoms with Gasteiger partial charge < -0.3 is 5.32 Å². The van der Waals surface area contributed by atoms with Gasteiger partial charge in [-0.15, -0.1) is 5.10 Å². The normalized spacial score (nSPS) is 14.3. The zero-order chi connectivity index (χ0) is 14.7. The summed E-state index contributed by atoms with van der Waals surface area (Å²) >= 11 is 0. The summed E-state index contributed by atoms with van der Waals surface area (Å²) in [4.78, 5) is 23.2. The van der Waals surface area contributed by atoms with Crippen molar-refractivity contribution < 1.29 is 9.59 Å². The van der Waals surface area contributed by atoms with Gasteiger partial charge in [0.1, 0.15) is 12.0 Å². The first kappa shape index (κ1) is 12.9. The molecule has 2 amide bonds. The standard InChI is InChI=1S/C12H11N7O2/c20-11-6-5-9(15-16-11)12(21)14-8-3-1-2-4-10(8)19-7-13-17-18-19/h1-4,7H,5-6H2,(H,14,21)(H,16,20). The Morgan fingerprint density at radius 2 is 2.14 bits per heavy atom. The van der Waals surface area contributed by atoms with E-state index in [9.17, 15) is 9.59 Å². The van der Waals surface area contributed by atoms with Crippen LogP contribution in [0.1, 0.15) is 12.8 Å². The lowest BCUT2D eigenvalue weighted by molar-refractivity contribution is -0.121. The number of benzene rings is 1. The largest absolute Gasteiger partial charge is 0.319 e. The summed E-state index contributed by atoms with van der Waals surface area (Å²) in [6, 6.07) is 7.10. The number of anilines is 1. The second-order valence-corrected chi connectivity index (χ2v) is 4.32. The number of aromatic nitrogens is 4. The monoisotopic (exact) mass is 285 g/mol. The van der Waals surface area contributed by atoms with E-state index in [1.807, 2.05) is 6.07 Å². The average Bonchev–Trinajstić information content (AvgIpc) is 3.02. The number of carbonyl (C=O) groups excluding carboxylic acids is 2. The van der Waals surface area contributed by atoms with Crippen LogP contribution in [0.2, 0.25) is 0 Å². The Morgan fingerprint density at radius 3 is 2.86 bits per heavy atom. The zero-order valence-corrected chi connectivity index (χ0v) is 10.9. The second-order valence-electron chi connectivity index (χ2n) is 4.32. The number of nitrogens with one attached hydrogen (secondary N) is 2. The first-order chi connectivity index (χ1) is 10.2. The van der Waals surface area contributed by atoms with Gasteiger partial charge in [-0.2, -0.15) is 9.78 Å².